The van der Waals surface area contributed by atoms with Crippen molar-refractivity contribution >= 4 is 6.41 Å². The van der Waals surface area contributed by atoms with E-state index >= 15 is 0 Å². The van der Waals surface area contributed by atoms with Crippen LogP contribution in [0.2, 0.25) is 0 Å². The molecule has 1 aliphatic heterocycles. The Labute approximate surface area is 103 Å². The average Bonchev–Trinajstić information content (AvgIpc) is 2.38. The van der Waals surface area contributed by atoms with Crippen LogP contribution in [0.5, 0.6) is 0 Å². The number of rotatable bonds is 2. The standard InChI is InChI=1S/C12H13F3N2O/c13-12(14,15)11-2-1-10(7-16-11)9-3-5-17(8-18)6-4-9/h1-2,7-9H,3-6H2. The van der Waals surface area contributed by atoms with E-state index in [9.17, 15) is 18.0 Å². The molecule has 3 nitrogen and oxygen atoms in total. The first kappa shape index (κ1) is 12.9. The largest absolute Gasteiger partial charge is 0.433 e. The maximum Gasteiger partial charge on any atom is 0.433 e. The van der Waals surface area contributed by atoms with E-state index in [1.54, 1.807) is 4.90 Å². The van der Waals surface area contributed by atoms with E-state index in [0.29, 0.717) is 13.1 Å². The maximum atomic E-state index is 12.4. The normalized spacial score (nSPS) is 17.8. The van der Waals surface area contributed by atoms with Crippen LogP contribution in [0.15, 0.2) is 18.3 Å². The predicted molar refractivity (Wildman–Crippen MR) is 58.9 cm³/mol. The molecule has 18 heavy (non-hydrogen) atoms. The Morgan fingerprint density at radius 3 is 2.39 bits per heavy atom. The number of halogens is 3. The van der Waals surface area contributed by atoms with Crippen LogP contribution in [0, 0.1) is 0 Å². The van der Waals surface area contributed by atoms with E-state index in [-0.39, 0.29) is 5.92 Å². The Balaban J connectivity index is 2.05. The molecule has 0 aliphatic carbocycles. The number of likely N-dealkylation sites (tertiary alicyclic amines) is 1. The molecule has 0 spiro atoms. The monoisotopic (exact) mass is 258 g/mol. The van der Waals surface area contributed by atoms with E-state index in [0.717, 1.165) is 30.9 Å². The summed E-state index contributed by atoms with van der Waals surface area (Å²) in [6.07, 6.45) is -0.748. The molecule has 6 heteroatoms. The molecule has 0 radical (unpaired) electrons. The first-order valence-electron chi connectivity index (χ1n) is 5.73. The van der Waals surface area contributed by atoms with Gasteiger partial charge >= 0.3 is 6.18 Å². The summed E-state index contributed by atoms with van der Waals surface area (Å²) >= 11 is 0. The molecule has 0 aromatic carbocycles. The predicted octanol–water partition coefficient (Wildman–Crippen LogP) is 2.44. The summed E-state index contributed by atoms with van der Waals surface area (Å²) in [7, 11) is 0. The van der Waals surface area contributed by atoms with E-state index < -0.39 is 11.9 Å². The molecule has 1 aliphatic rings. The molecule has 1 aromatic rings. The third kappa shape index (κ3) is 2.80. The minimum Gasteiger partial charge on any atom is -0.345 e. The molecule has 0 saturated carbocycles. The molecule has 1 amide bonds. The second kappa shape index (κ2) is 4.96. The van der Waals surface area contributed by atoms with Gasteiger partial charge in [0.05, 0.1) is 0 Å². The van der Waals surface area contributed by atoms with Gasteiger partial charge in [-0.1, -0.05) is 6.07 Å². The number of aromatic nitrogens is 1. The minimum atomic E-state index is -4.39. The minimum absolute atomic E-state index is 0.191. The Kier molecular flexibility index (Phi) is 3.54. The van der Waals surface area contributed by atoms with Crippen molar-refractivity contribution in [3.8, 4) is 0 Å². The van der Waals surface area contributed by atoms with Gasteiger partial charge in [-0.3, -0.25) is 9.78 Å². The maximum absolute atomic E-state index is 12.4. The molecule has 1 aromatic heterocycles. The van der Waals surface area contributed by atoms with Crippen LogP contribution >= 0.6 is 0 Å². The van der Waals surface area contributed by atoms with Crippen molar-refractivity contribution in [2.24, 2.45) is 0 Å². The van der Waals surface area contributed by atoms with Crippen molar-refractivity contribution in [3.05, 3.63) is 29.6 Å². The lowest BCUT2D eigenvalue weighted by atomic mass is 9.90. The SMILES string of the molecule is O=CN1CCC(c2ccc(C(F)(F)F)nc2)CC1. The topological polar surface area (TPSA) is 33.2 Å². The Hall–Kier alpha value is -1.59. The molecule has 0 unspecified atom stereocenters. The van der Waals surface area contributed by atoms with Gasteiger partial charge in [0.15, 0.2) is 0 Å². The van der Waals surface area contributed by atoms with Crippen molar-refractivity contribution in [1.29, 1.82) is 0 Å². The number of alkyl halides is 3. The highest BCUT2D eigenvalue weighted by Gasteiger charge is 2.32. The number of pyridine rings is 1. The Bertz CT molecular complexity index is 408. The average molecular weight is 258 g/mol. The third-order valence-electron chi connectivity index (χ3n) is 3.23. The van der Waals surface area contributed by atoms with Gasteiger partial charge in [0.1, 0.15) is 5.69 Å². The molecule has 0 atom stereocenters. The zero-order chi connectivity index (χ0) is 13.2. The highest BCUT2D eigenvalue weighted by Crippen LogP contribution is 2.30. The van der Waals surface area contributed by atoms with Gasteiger partial charge in [-0.05, 0) is 30.4 Å². The number of nitrogens with zero attached hydrogens (tertiary/aromatic N) is 2. The summed E-state index contributed by atoms with van der Waals surface area (Å²) in [5.41, 5.74) is -0.0508. The number of carbonyl (C=O) groups is 1. The van der Waals surface area contributed by atoms with Crippen molar-refractivity contribution in [2.45, 2.75) is 24.9 Å². The second-order valence-corrected chi connectivity index (χ2v) is 4.39. The summed E-state index contributed by atoms with van der Waals surface area (Å²) < 4.78 is 37.1. The fourth-order valence-corrected chi connectivity index (χ4v) is 2.15. The molecule has 98 valence electrons. The van der Waals surface area contributed by atoms with Crippen LogP contribution in [0.25, 0.3) is 0 Å². The highest BCUT2D eigenvalue weighted by molar-refractivity contribution is 5.47. The number of amides is 1. The van der Waals surface area contributed by atoms with Gasteiger partial charge in [-0.15, -0.1) is 0 Å². The van der Waals surface area contributed by atoms with Crippen LogP contribution in [-0.4, -0.2) is 29.4 Å². The molecule has 2 heterocycles. The van der Waals surface area contributed by atoms with Crippen molar-refractivity contribution in [2.75, 3.05) is 13.1 Å². The van der Waals surface area contributed by atoms with Crippen molar-refractivity contribution < 1.29 is 18.0 Å². The lowest BCUT2D eigenvalue weighted by molar-refractivity contribution is -0.141. The molecular formula is C12H13F3N2O. The summed E-state index contributed by atoms with van der Waals surface area (Å²) in [4.78, 5) is 15.7. The van der Waals surface area contributed by atoms with Crippen molar-refractivity contribution in [1.82, 2.24) is 9.88 Å². The Morgan fingerprint density at radius 2 is 1.94 bits per heavy atom. The first-order valence-corrected chi connectivity index (χ1v) is 5.73. The quantitative estimate of drug-likeness (QED) is 0.763. The van der Waals surface area contributed by atoms with E-state index in [2.05, 4.69) is 4.98 Å². The van der Waals surface area contributed by atoms with E-state index in [4.69, 9.17) is 0 Å². The fraction of sp³-hybridized carbons (Fsp3) is 0.500. The van der Waals surface area contributed by atoms with Crippen LogP contribution in [0.3, 0.4) is 0 Å². The van der Waals surface area contributed by atoms with Crippen LogP contribution in [0.1, 0.15) is 30.0 Å². The van der Waals surface area contributed by atoms with Gasteiger partial charge in [0, 0.05) is 19.3 Å². The summed E-state index contributed by atoms with van der Waals surface area (Å²) in [5.74, 6) is 0.191. The van der Waals surface area contributed by atoms with Gasteiger partial charge < -0.3 is 4.90 Å². The van der Waals surface area contributed by atoms with Gasteiger partial charge in [0.25, 0.3) is 0 Å². The number of piperidine rings is 1. The zero-order valence-electron chi connectivity index (χ0n) is 9.65. The van der Waals surface area contributed by atoms with Crippen LogP contribution in [0.4, 0.5) is 13.2 Å². The van der Waals surface area contributed by atoms with Crippen LogP contribution in [-0.2, 0) is 11.0 Å². The first-order chi connectivity index (χ1) is 8.50. The molecule has 0 N–H and O–H groups in total. The van der Waals surface area contributed by atoms with E-state index in [1.165, 1.54) is 12.3 Å². The van der Waals surface area contributed by atoms with Crippen LogP contribution < -0.4 is 0 Å². The molecular weight excluding hydrogens is 245 g/mol. The van der Waals surface area contributed by atoms with Crippen molar-refractivity contribution in [3.63, 3.8) is 0 Å². The fourth-order valence-electron chi connectivity index (χ4n) is 2.15. The summed E-state index contributed by atoms with van der Waals surface area (Å²) in [6.45, 7) is 1.30. The molecule has 2 rings (SSSR count). The summed E-state index contributed by atoms with van der Waals surface area (Å²) in [6, 6.07) is 2.50. The highest BCUT2D eigenvalue weighted by atomic mass is 19.4. The second-order valence-electron chi connectivity index (χ2n) is 4.39. The zero-order valence-corrected chi connectivity index (χ0v) is 9.65. The number of hydrogen-bond donors (Lipinski definition) is 0. The van der Waals surface area contributed by atoms with Gasteiger partial charge in [-0.2, -0.15) is 13.2 Å². The lowest BCUT2D eigenvalue weighted by Crippen LogP contribution is -2.31. The molecule has 1 fully saturated rings. The molecule has 1 saturated heterocycles. The number of hydrogen-bond acceptors (Lipinski definition) is 2. The van der Waals surface area contributed by atoms with E-state index in [1.807, 2.05) is 0 Å². The lowest BCUT2D eigenvalue weighted by Gasteiger charge is -2.29. The smallest absolute Gasteiger partial charge is 0.345 e. The van der Waals surface area contributed by atoms with Gasteiger partial charge in [-0.25, -0.2) is 0 Å². The number of carbonyl (C=O) groups excluding carboxylic acids is 1. The summed E-state index contributed by atoms with van der Waals surface area (Å²) in [5, 5.41) is 0. The van der Waals surface area contributed by atoms with Gasteiger partial charge in [0.2, 0.25) is 6.41 Å². The Morgan fingerprint density at radius 1 is 1.28 bits per heavy atom. The third-order valence-corrected chi connectivity index (χ3v) is 3.23. The molecule has 0 bridgehead atoms.